The van der Waals surface area contributed by atoms with Crippen LogP contribution in [0.3, 0.4) is 0 Å². The fourth-order valence-electron chi connectivity index (χ4n) is 1.57. The number of nitrogen functional groups attached to an aromatic ring is 1. The van der Waals surface area contributed by atoms with Crippen molar-refractivity contribution in [2.24, 2.45) is 0 Å². The van der Waals surface area contributed by atoms with Crippen LogP contribution in [0.5, 0.6) is 11.5 Å². The summed E-state index contributed by atoms with van der Waals surface area (Å²) in [6, 6.07) is 8.62. The predicted octanol–water partition coefficient (Wildman–Crippen LogP) is 3.75. The molecule has 2 N–H and O–H groups in total. The number of hydrogen-bond acceptors (Lipinski definition) is 4. The largest absolute Gasteiger partial charge is 0.465 e. The Kier molecular flexibility index (Phi) is 4.24. The van der Waals surface area contributed by atoms with Crippen molar-refractivity contribution in [3.63, 3.8) is 0 Å². The van der Waals surface area contributed by atoms with E-state index in [0.717, 1.165) is 0 Å². The lowest BCUT2D eigenvalue weighted by Crippen LogP contribution is -2.05. The zero-order valence-corrected chi connectivity index (χ0v) is 12.1. The normalized spacial score (nSPS) is 10.2. The van der Waals surface area contributed by atoms with Crippen molar-refractivity contribution in [1.82, 2.24) is 0 Å². The van der Waals surface area contributed by atoms with Gasteiger partial charge in [0.15, 0.2) is 0 Å². The Bertz CT molecular complexity index is 661. The average Bonchev–Trinajstić information content (AvgIpc) is 2.44. The summed E-state index contributed by atoms with van der Waals surface area (Å²) in [4.78, 5) is 11.5. The van der Waals surface area contributed by atoms with Crippen LogP contribution in [0.1, 0.15) is 10.4 Å². The van der Waals surface area contributed by atoms with E-state index in [1.807, 2.05) is 0 Å². The van der Waals surface area contributed by atoms with Crippen LogP contribution in [0.4, 0.5) is 10.1 Å². The summed E-state index contributed by atoms with van der Waals surface area (Å²) in [5.41, 5.74) is 6.16. The molecule has 0 aliphatic carbocycles. The molecule has 2 rings (SSSR count). The van der Waals surface area contributed by atoms with Crippen LogP contribution < -0.4 is 10.5 Å². The summed E-state index contributed by atoms with van der Waals surface area (Å²) < 4.78 is 23.9. The van der Waals surface area contributed by atoms with Gasteiger partial charge in [-0.25, -0.2) is 9.18 Å². The highest BCUT2D eigenvalue weighted by atomic mass is 79.9. The maximum atomic E-state index is 13.2. The molecule has 104 valence electrons. The van der Waals surface area contributed by atoms with Crippen LogP contribution in [-0.4, -0.2) is 13.1 Å². The summed E-state index contributed by atoms with van der Waals surface area (Å²) in [7, 11) is 1.26. The fourth-order valence-corrected chi connectivity index (χ4v) is 1.90. The van der Waals surface area contributed by atoms with Gasteiger partial charge in [-0.3, -0.25) is 0 Å². The summed E-state index contributed by atoms with van der Waals surface area (Å²) in [5.74, 6) is -0.338. The van der Waals surface area contributed by atoms with Crippen LogP contribution in [0.25, 0.3) is 0 Å². The first-order valence-electron chi connectivity index (χ1n) is 5.62. The number of halogens is 2. The second kappa shape index (κ2) is 5.92. The predicted molar refractivity (Wildman–Crippen MR) is 76.4 cm³/mol. The SMILES string of the molecule is COC(=O)c1cc(Oc2cc(F)ccc2Br)ccc1N. The molecule has 2 aromatic carbocycles. The van der Waals surface area contributed by atoms with Gasteiger partial charge in [-0.2, -0.15) is 0 Å². The molecule has 20 heavy (non-hydrogen) atoms. The molecule has 0 bridgehead atoms. The van der Waals surface area contributed by atoms with Crippen molar-refractivity contribution in [1.29, 1.82) is 0 Å². The molecule has 0 radical (unpaired) electrons. The Labute approximate surface area is 123 Å². The van der Waals surface area contributed by atoms with Crippen molar-refractivity contribution in [3.8, 4) is 11.5 Å². The number of esters is 1. The van der Waals surface area contributed by atoms with E-state index in [-0.39, 0.29) is 11.3 Å². The number of nitrogens with two attached hydrogens (primary N) is 1. The van der Waals surface area contributed by atoms with Crippen molar-refractivity contribution in [3.05, 3.63) is 52.3 Å². The Hall–Kier alpha value is -2.08. The van der Waals surface area contributed by atoms with E-state index in [4.69, 9.17) is 10.5 Å². The zero-order chi connectivity index (χ0) is 14.7. The highest BCUT2D eigenvalue weighted by molar-refractivity contribution is 9.10. The van der Waals surface area contributed by atoms with E-state index in [1.165, 1.54) is 37.4 Å². The van der Waals surface area contributed by atoms with Crippen LogP contribution in [0.2, 0.25) is 0 Å². The minimum atomic E-state index is -0.564. The van der Waals surface area contributed by atoms with E-state index >= 15 is 0 Å². The van der Waals surface area contributed by atoms with Crippen molar-refractivity contribution < 1.29 is 18.7 Å². The first kappa shape index (κ1) is 14.3. The first-order chi connectivity index (χ1) is 9.51. The van der Waals surface area contributed by atoms with Gasteiger partial charge in [0, 0.05) is 11.8 Å². The van der Waals surface area contributed by atoms with Crippen LogP contribution >= 0.6 is 15.9 Å². The smallest absolute Gasteiger partial charge is 0.340 e. The van der Waals surface area contributed by atoms with E-state index in [1.54, 1.807) is 6.07 Å². The Morgan fingerprint density at radius 3 is 2.70 bits per heavy atom. The molecule has 0 spiro atoms. The molecule has 0 saturated heterocycles. The quantitative estimate of drug-likeness (QED) is 0.683. The molecule has 0 aromatic heterocycles. The third-order valence-corrected chi connectivity index (χ3v) is 3.21. The number of benzene rings is 2. The second-order valence-electron chi connectivity index (χ2n) is 3.92. The molecular formula is C14H11BrFNO3. The maximum Gasteiger partial charge on any atom is 0.340 e. The number of anilines is 1. The molecule has 2 aromatic rings. The molecule has 0 saturated carbocycles. The van der Waals surface area contributed by atoms with Gasteiger partial charge in [0.2, 0.25) is 0 Å². The zero-order valence-electron chi connectivity index (χ0n) is 10.5. The summed E-state index contributed by atoms with van der Waals surface area (Å²) >= 11 is 3.26. The van der Waals surface area contributed by atoms with E-state index in [2.05, 4.69) is 20.7 Å². The van der Waals surface area contributed by atoms with Gasteiger partial charge in [-0.15, -0.1) is 0 Å². The van der Waals surface area contributed by atoms with Crippen LogP contribution in [0, 0.1) is 5.82 Å². The standard InChI is InChI=1S/C14H11BrFNO3/c1-19-14(18)10-7-9(3-5-12(10)17)20-13-6-8(16)2-4-11(13)15/h2-7H,17H2,1H3. The van der Waals surface area contributed by atoms with Gasteiger partial charge in [0.05, 0.1) is 17.1 Å². The van der Waals surface area contributed by atoms with Crippen molar-refractivity contribution >= 4 is 27.6 Å². The first-order valence-corrected chi connectivity index (χ1v) is 6.41. The third-order valence-electron chi connectivity index (χ3n) is 2.55. The second-order valence-corrected chi connectivity index (χ2v) is 4.77. The van der Waals surface area contributed by atoms with Gasteiger partial charge >= 0.3 is 5.97 Å². The number of rotatable bonds is 3. The van der Waals surface area contributed by atoms with Gasteiger partial charge in [0.1, 0.15) is 17.3 Å². The lowest BCUT2D eigenvalue weighted by atomic mass is 10.1. The molecule has 0 fully saturated rings. The molecule has 4 nitrogen and oxygen atoms in total. The average molecular weight is 340 g/mol. The Morgan fingerprint density at radius 1 is 1.25 bits per heavy atom. The van der Waals surface area contributed by atoms with Gasteiger partial charge in [-0.1, -0.05) is 0 Å². The summed E-state index contributed by atoms with van der Waals surface area (Å²) in [5, 5.41) is 0. The summed E-state index contributed by atoms with van der Waals surface area (Å²) in [6.45, 7) is 0. The fraction of sp³-hybridized carbons (Fsp3) is 0.0714. The molecular weight excluding hydrogens is 329 g/mol. The Morgan fingerprint density at radius 2 is 2.00 bits per heavy atom. The maximum absolute atomic E-state index is 13.2. The molecule has 0 heterocycles. The van der Waals surface area contributed by atoms with Gasteiger partial charge in [-0.05, 0) is 46.3 Å². The van der Waals surface area contributed by atoms with Crippen LogP contribution in [-0.2, 0) is 4.74 Å². The van der Waals surface area contributed by atoms with E-state index in [9.17, 15) is 9.18 Å². The number of hydrogen-bond donors (Lipinski definition) is 1. The van der Waals surface area contributed by atoms with E-state index < -0.39 is 11.8 Å². The van der Waals surface area contributed by atoms with Gasteiger partial charge in [0.25, 0.3) is 0 Å². The lowest BCUT2D eigenvalue weighted by molar-refractivity contribution is 0.0601. The third kappa shape index (κ3) is 3.08. The Balaban J connectivity index is 2.34. The van der Waals surface area contributed by atoms with Crippen molar-refractivity contribution in [2.45, 2.75) is 0 Å². The lowest BCUT2D eigenvalue weighted by Gasteiger charge is -2.10. The van der Waals surface area contributed by atoms with Gasteiger partial charge < -0.3 is 15.2 Å². The summed E-state index contributed by atoms with van der Waals surface area (Å²) in [6.07, 6.45) is 0. The van der Waals surface area contributed by atoms with E-state index in [0.29, 0.717) is 16.0 Å². The molecule has 6 heteroatoms. The number of carbonyl (C=O) groups is 1. The molecule has 0 aliphatic rings. The molecule has 0 aliphatic heterocycles. The van der Waals surface area contributed by atoms with Crippen LogP contribution in [0.15, 0.2) is 40.9 Å². The number of carbonyl (C=O) groups excluding carboxylic acids is 1. The highest BCUT2D eigenvalue weighted by Crippen LogP contribution is 2.31. The van der Waals surface area contributed by atoms with Crippen molar-refractivity contribution in [2.75, 3.05) is 12.8 Å². The minimum Gasteiger partial charge on any atom is -0.465 e. The number of methoxy groups -OCH3 is 1. The molecule has 0 amide bonds. The topological polar surface area (TPSA) is 61.5 Å². The monoisotopic (exact) mass is 339 g/mol. The molecule has 0 unspecified atom stereocenters. The minimum absolute atomic E-state index is 0.192. The number of ether oxygens (including phenoxy) is 2. The highest BCUT2D eigenvalue weighted by Gasteiger charge is 2.12. The molecule has 0 atom stereocenters.